The van der Waals surface area contributed by atoms with Crippen molar-refractivity contribution in [2.24, 2.45) is 0 Å². The van der Waals surface area contributed by atoms with Crippen molar-refractivity contribution in [1.29, 1.82) is 0 Å². The maximum Gasteiger partial charge on any atom is 0.200 e. The Hall–Kier alpha value is -1.18. The highest BCUT2D eigenvalue weighted by Gasteiger charge is 2.39. The van der Waals surface area contributed by atoms with E-state index in [1.807, 2.05) is 12.1 Å². The van der Waals surface area contributed by atoms with Crippen LogP contribution in [0, 0.1) is 0 Å². The second-order valence-corrected chi connectivity index (χ2v) is 4.16. The lowest BCUT2D eigenvalue weighted by Crippen LogP contribution is -2.32. The van der Waals surface area contributed by atoms with E-state index in [0.29, 0.717) is 12.0 Å². The number of hydrogen-bond acceptors (Lipinski definition) is 1. The van der Waals surface area contributed by atoms with Crippen LogP contribution in [-0.4, -0.2) is 11.5 Å². The normalized spacial score (nSPS) is 25.9. The molecule has 0 aromatic heterocycles. The summed E-state index contributed by atoms with van der Waals surface area (Å²) in [5, 5.41) is 0. The number of hydrogen-bond donors (Lipinski definition) is 0. The lowest BCUT2D eigenvalue weighted by molar-refractivity contribution is 0.0653. The molecule has 80 valence electrons. The van der Waals surface area contributed by atoms with Gasteiger partial charge in [-0.15, -0.1) is 0 Å². The van der Waals surface area contributed by atoms with Crippen molar-refractivity contribution in [3.63, 3.8) is 0 Å². The van der Waals surface area contributed by atoms with Crippen LogP contribution in [-0.2, 0) is 6.42 Å². The van der Waals surface area contributed by atoms with Gasteiger partial charge >= 0.3 is 0 Å². The van der Waals surface area contributed by atoms with Gasteiger partial charge in [-0.2, -0.15) is 0 Å². The van der Waals surface area contributed by atoms with Crippen LogP contribution in [0.5, 0.6) is 0 Å². The summed E-state index contributed by atoms with van der Waals surface area (Å²) in [6.45, 7) is 1.74. The van der Waals surface area contributed by atoms with Gasteiger partial charge in [0.25, 0.3) is 0 Å². The first-order valence-electron chi connectivity index (χ1n) is 5.49. The Bertz CT molecular complexity index is 386. The molecule has 0 saturated heterocycles. The first kappa shape index (κ1) is 10.3. The van der Waals surface area contributed by atoms with Gasteiger partial charge in [0.2, 0.25) is 0 Å². The van der Waals surface area contributed by atoms with Crippen molar-refractivity contribution in [2.45, 2.75) is 38.3 Å². The Morgan fingerprint density at radius 3 is 2.87 bits per heavy atom. The highest BCUT2D eigenvalue weighted by molar-refractivity contribution is 6.03. The second-order valence-electron chi connectivity index (χ2n) is 4.16. The number of benzene rings is 1. The van der Waals surface area contributed by atoms with Gasteiger partial charge in [0.1, 0.15) is 0 Å². The van der Waals surface area contributed by atoms with Gasteiger partial charge in [-0.3, -0.25) is 4.79 Å². The summed E-state index contributed by atoms with van der Waals surface area (Å²) in [7, 11) is 0. The van der Waals surface area contributed by atoms with Gasteiger partial charge in [0.15, 0.2) is 11.5 Å². The number of rotatable bonds is 1. The van der Waals surface area contributed by atoms with Crippen LogP contribution in [0.15, 0.2) is 24.3 Å². The van der Waals surface area contributed by atoms with E-state index in [9.17, 15) is 9.18 Å². The third kappa shape index (κ3) is 1.69. The topological polar surface area (TPSA) is 17.1 Å². The van der Waals surface area contributed by atoms with Crippen molar-refractivity contribution in [3.05, 3.63) is 35.4 Å². The Kier molecular flexibility index (Phi) is 2.59. The minimum absolute atomic E-state index is 0.278. The average Bonchev–Trinajstić information content (AvgIpc) is 2.39. The van der Waals surface area contributed by atoms with Gasteiger partial charge in [-0.1, -0.05) is 31.2 Å². The molecule has 1 nitrogen and oxygen atoms in total. The second kappa shape index (κ2) is 3.76. The van der Waals surface area contributed by atoms with Crippen molar-refractivity contribution >= 4 is 5.78 Å². The summed E-state index contributed by atoms with van der Waals surface area (Å²) in [6, 6.07) is 7.38. The van der Waals surface area contributed by atoms with E-state index in [-0.39, 0.29) is 12.2 Å². The van der Waals surface area contributed by atoms with E-state index in [0.717, 1.165) is 18.4 Å². The number of alkyl halides is 1. The monoisotopic (exact) mass is 206 g/mol. The molecule has 1 atom stereocenters. The van der Waals surface area contributed by atoms with E-state index in [1.165, 1.54) is 0 Å². The minimum Gasteiger partial charge on any atom is -0.291 e. The first-order chi connectivity index (χ1) is 7.17. The number of halogens is 1. The van der Waals surface area contributed by atoms with Gasteiger partial charge < -0.3 is 0 Å². The number of carbonyl (C=O) groups excluding carboxylic acids is 1. The smallest absolute Gasteiger partial charge is 0.200 e. The third-order valence-corrected chi connectivity index (χ3v) is 3.25. The summed E-state index contributed by atoms with van der Waals surface area (Å²) in [5.41, 5.74) is -0.0538. The molecule has 1 aliphatic carbocycles. The fraction of sp³-hybridized carbons (Fsp3) is 0.462. The summed E-state index contributed by atoms with van der Waals surface area (Å²) in [6.07, 6.45) is 2.21. The number of ketones is 1. The van der Waals surface area contributed by atoms with Crippen LogP contribution >= 0.6 is 0 Å². The lowest BCUT2D eigenvalue weighted by atomic mass is 9.90. The van der Waals surface area contributed by atoms with E-state index in [2.05, 4.69) is 0 Å². The molecular formula is C13H15FO. The van der Waals surface area contributed by atoms with E-state index < -0.39 is 5.67 Å². The predicted molar refractivity (Wildman–Crippen MR) is 57.8 cm³/mol. The molecule has 0 heterocycles. The molecule has 0 unspecified atom stereocenters. The molecular weight excluding hydrogens is 191 g/mol. The van der Waals surface area contributed by atoms with Crippen molar-refractivity contribution < 1.29 is 9.18 Å². The number of carbonyl (C=O) groups is 1. The Balaban J connectivity index is 2.48. The molecule has 0 aliphatic heterocycles. The fourth-order valence-electron chi connectivity index (χ4n) is 2.21. The maximum absolute atomic E-state index is 14.3. The third-order valence-electron chi connectivity index (χ3n) is 3.25. The van der Waals surface area contributed by atoms with Crippen molar-refractivity contribution in [1.82, 2.24) is 0 Å². The highest BCUT2D eigenvalue weighted by atomic mass is 19.1. The largest absolute Gasteiger partial charge is 0.291 e. The Morgan fingerprint density at radius 2 is 2.13 bits per heavy atom. The van der Waals surface area contributed by atoms with Crippen LogP contribution < -0.4 is 0 Å². The van der Waals surface area contributed by atoms with E-state index >= 15 is 0 Å². The summed E-state index contributed by atoms with van der Waals surface area (Å²) in [4.78, 5) is 12.0. The summed E-state index contributed by atoms with van der Waals surface area (Å²) in [5.74, 6) is -0.321. The average molecular weight is 206 g/mol. The number of aryl methyl sites for hydroxylation is 1. The molecule has 0 radical (unpaired) electrons. The molecule has 15 heavy (non-hydrogen) atoms. The fourth-order valence-corrected chi connectivity index (χ4v) is 2.21. The highest BCUT2D eigenvalue weighted by Crippen LogP contribution is 2.32. The molecule has 1 aromatic rings. The number of fused-ring (bicyclic) bond motifs is 1. The number of Topliss-reactive ketones (excluding diaryl/α,β-unsaturated/α-hetero) is 1. The molecule has 2 heteroatoms. The molecule has 1 aromatic carbocycles. The Labute approximate surface area is 89.3 Å². The maximum atomic E-state index is 14.3. The van der Waals surface area contributed by atoms with Crippen LogP contribution in [0.2, 0.25) is 0 Å². The Morgan fingerprint density at radius 1 is 1.40 bits per heavy atom. The first-order valence-corrected chi connectivity index (χ1v) is 5.49. The quantitative estimate of drug-likeness (QED) is 0.644. The van der Waals surface area contributed by atoms with Crippen molar-refractivity contribution in [3.8, 4) is 0 Å². The van der Waals surface area contributed by atoms with Gasteiger partial charge in [0.05, 0.1) is 0 Å². The van der Waals surface area contributed by atoms with Gasteiger partial charge in [-0.05, 0) is 31.2 Å². The minimum atomic E-state index is -1.63. The van der Waals surface area contributed by atoms with E-state index in [4.69, 9.17) is 0 Å². The standard InChI is InChI=1S/C13H15FO/c1-2-13(14)9-5-7-10-6-3-4-8-11(10)12(13)15/h3-4,6,8H,2,5,7,9H2,1H3/t13-/m0/s1. The SMILES string of the molecule is CC[C@]1(F)CCCc2ccccc2C1=O. The summed E-state index contributed by atoms with van der Waals surface area (Å²) < 4.78 is 14.3. The molecule has 0 N–H and O–H groups in total. The molecule has 0 saturated carbocycles. The van der Waals surface area contributed by atoms with Crippen LogP contribution in [0.1, 0.15) is 42.1 Å². The van der Waals surface area contributed by atoms with Crippen LogP contribution in [0.25, 0.3) is 0 Å². The van der Waals surface area contributed by atoms with Crippen molar-refractivity contribution in [2.75, 3.05) is 0 Å². The zero-order valence-electron chi connectivity index (χ0n) is 8.92. The van der Waals surface area contributed by atoms with E-state index in [1.54, 1.807) is 19.1 Å². The van der Waals surface area contributed by atoms with Gasteiger partial charge in [-0.25, -0.2) is 4.39 Å². The molecule has 1 aliphatic rings. The van der Waals surface area contributed by atoms with Crippen LogP contribution in [0.3, 0.4) is 0 Å². The molecule has 0 fully saturated rings. The molecule has 0 amide bonds. The zero-order chi connectivity index (χ0) is 10.9. The molecule has 0 bridgehead atoms. The van der Waals surface area contributed by atoms with Gasteiger partial charge in [0, 0.05) is 5.56 Å². The van der Waals surface area contributed by atoms with Crippen LogP contribution in [0.4, 0.5) is 4.39 Å². The molecule has 2 rings (SSSR count). The predicted octanol–water partition coefficient (Wildman–Crippen LogP) is 3.32. The molecule has 0 spiro atoms. The lowest BCUT2D eigenvalue weighted by Gasteiger charge is -2.20. The zero-order valence-corrected chi connectivity index (χ0v) is 8.92. The summed E-state index contributed by atoms with van der Waals surface area (Å²) >= 11 is 0.